The third kappa shape index (κ3) is 7.82. The van der Waals surface area contributed by atoms with Crippen LogP contribution in [0.1, 0.15) is 44.7 Å². The van der Waals surface area contributed by atoms with E-state index in [0.717, 1.165) is 0 Å². The van der Waals surface area contributed by atoms with Crippen LogP contribution in [0.15, 0.2) is 108 Å². The van der Waals surface area contributed by atoms with E-state index >= 15 is 0 Å². The van der Waals surface area contributed by atoms with Crippen molar-refractivity contribution in [2.45, 2.75) is 56.2 Å². The first kappa shape index (κ1) is 30.0. The van der Waals surface area contributed by atoms with Gasteiger partial charge in [-0.15, -0.1) is 11.8 Å². The van der Waals surface area contributed by atoms with E-state index in [4.69, 9.17) is 30.5 Å². The zero-order valence-corrected chi connectivity index (χ0v) is 25.1. The number of hydrogen-bond acceptors (Lipinski definition) is 5. The molecule has 4 aromatic carbocycles. The molecule has 0 aromatic heterocycles. The summed E-state index contributed by atoms with van der Waals surface area (Å²) in [7, 11) is 0. The topological polar surface area (TPSA) is 36.9 Å². The van der Waals surface area contributed by atoms with Crippen LogP contribution in [-0.4, -0.2) is 24.4 Å². The van der Waals surface area contributed by atoms with Gasteiger partial charge in [0.25, 0.3) is 0 Å². The fourth-order valence-electron chi connectivity index (χ4n) is 4.44. The van der Waals surface area contributed by atoms with Gasteiger partial charge in [-0.3, -0.25) is 0 Å². The van der Waals surface area contributed by atoms with Crippen LogP contribution in [0.25, 0.3) is 0 Å². The quantitative estimate of drug-likeness (QED) is 0.110. The van der Waals surface area contributed by atoms with Crippen LogP contribution in [0.5, 0.6) is 17.2 Å². The molecule has 0 aliphatic carbocycles. The van der Waals surface area contributed by atoms with Gasteiger partial charge in [-0.05, 0) is 79.8 Å². The Hall–Kier alpha value is -2.96. The molecule has 0 amide bonds. The van der Waals surface area contributed by atoms with Crippen molar-refractivity contribution < 1.29 is 18.9 Å². The summed E-state index contributed by atoms with van der Waals surface area (Å²) in [6.45, 7) is 9.14. The van der Waals surface area contributed by atoms with Gasteiger partial charge in [-0.2, -0.15) is 0 Å². The fraction of sp³-hybridized carbons (Fsp3) is 0.294. The highest BCUT2D eigenvalue weighted by Crippen LogP contribution is 2.43. The maximum atomic E-state index is 6.80. The van der Waals surface area contributed by atoms with E-state index in [2.05, 4.69) is 62.4 Å². The predicted molar refractivity (Wildman–Crippen MR) is 165 cm³/mol. The maximum absolute atomic E-state index is 6.80. The first-order valence-electron chi connectivity index (χ1n) is 13.7. The molecule has 0 aliphatic heterocycles. The third-order valence-electron chi connectivity index (χ3n) is 6.30. The zero-order valence-electron chi connectivity index (χ0n) is 23.5. The second-order valence-corrected chi connectivity index (χ2v) is 11.2. The van der Waals surface area contributed by atoms with E-state index in [1.54, 1.807) is 23.9 Å². The summed E-state index contributed by atoms with van der Waals surface area (Å²) >= 11 is 7.81. The average Bonchev–Trinajstić information content (AvgIpc) is 2.96. The van der Waals surface area contributed by atoms with Crippen LogP contribution in [0.2, 0.25) is 5.02 Å². The van der Waals surface area contributed by atoms with E-state index in [1.807, 2.05) is 56.3 Å². The monoisotopic (exact) mass is 576 g/mol. The first-order chi connectivity index (χ1) is 19.4. The Bertz CT molecular complexity index is 1320. The highest BCUT2D eigenvalue weighted by Gasteiger charge is 2.46. The summed E-state index contributed by atoms with van der Waals surface area (Å²) in [4.78, 5) is 1.18. The van der Waals surface area contributed by atoms with Gasteiger partial charge in [-0.1, -0.05) is 86.1 Å². The van der Waals surface area contributed by atoms with Crippen LogP contribution in [0, 0.1) is 0 Å². The van der Waals surface area contributed by atoms with Gasteiger partial charge >= 0.3 is 5.97 Å². The number of hydrogen-bond donors (Lipinski definition) is 0. The lowest BCUT2D eigenvalue weighted by molar-refractivity contribution is -0.339. The molecule has 210 valence electrons. The molecule has 0 radical (unpaired) electrons. The number of thioether (sulfide) groups is 1. The SMILES string of the molecule is CCOC(OCC)(Oc1ccccc1Oc1ccc(Cl)cc1)C(Cc1ccccc1)Sc1ccccc1C(C)C. The number of ether oxygens (including phenoxy) is 4. The largest absolute Gasteiger partial charge is 0.453 e. The number of rotatable bonds is 14. The summed E-state index contributed by atoms with van der Waals surface area (Å²) in [5.74, 6) is 0.701. The highest BCUT2D eigenvalue weighted by molar-refractivity contribution is 8.00. The van der Waals surface area contributed by atoms with Gasteiger partial charge in [0.05, 0.1) is 13.2 Å². The van der Waals surface area contributed by atoms with Crippen molar-refractivity contribution >= 4 is 23.4 Å². The molecular formula is C34H37ClO4S. The standard InChI is InChI=1S/C34H37ClO4S/c1-5-36-34(37-6-2,39-31-18-12-11-17-30(31)38-28-22-20-27(35)21-23-28)33(24-26-14-8-7-9-15-26)40-32-19-13-10-16-29(32)25(3)4/h7-23,25,33H,5-6,24H2,1-4H3. The molecule has 0 saturated heterocycles. The smallest absolute Gasteiger partial charge is 0.340 e. The Morgan fingerprint density at radius 1 is 0.725 bits per heavy atom. The van der Waals surface area contributed by atoms with Gasteiger partial charge in [0, 0.05) is 9.92 Å². The first-order valence-corrected chi connectivity index (χ1v) is 15.0. The van der Waals surface area contributed by atoms with Crippen molar-refractivity contribution in [3.63, 3.8) is 0 Å². The van der Waals surface area contributed by atoms with Crippen LogP contribution >= 0.6 is 23.4 Å². The molecule has 4 nitrogen and oxygen atoms in total. The Labute approximate surface area is 247 Å². The molecule has 0 spiro atoms. The Kier molecular flexibility index (Phi) is 11.0. The van der Waals surface area contributed by atoms with Gasteiger partial charge in [0.2, 0.25) is 0 Å². The van der Waals surface area contributed by atoms with E-state index in [1.165, 1.54) is 16.0 Å². The summed E-state index contributed by atoms with van der Waals surface area (Å²) in [6.07, 6.45) is 0.665. The maximum Gasteiger partial charge on any atom is 0.340 e. The lowest BCUT2D eigenvalue weighted by Gasteiger charge is -2.39. The van der Waals surface area contributed by atoms with Gasteiger partial charge in [-0.25, -0.2) is 0 Å². The summed E-state index contributed by atoms with van der Waals surface area (Å²) in [5, 5.41) is 0.393. The fourth-order valence-corrected chi connectivity index (χ4v) is 6.08. The van der Waals surface area contributed by atoms with Crippen molar-refractivity contribution in [3.05, 3.63) is 119 Å². The molecule has 1 atom stereocenters. The molecule has 0 bridgehead atoms. The minimum atomic E-state index is -1.40. The summed E-state index contributed by atoms with van der Waals surface area (Å²) < 4.78 is 26.0. The molecule has 6 heteroatoms. The van der Waals surface area contributed by atoms with Crippen molar-refractivity contribution in [1.82, 2.24) is 0 Å². The minimum absolute atomic E-state index is 0.252. The zero-order chi connectivity index (χ0) is 28.4. The Morgan fingerprint density at radius 2 is 1.32 bits per heavy atom. The lowest BCUT2D eigenvalue weighted by atomic mass is 10.0. The van der Waals surface area contributed by atoms with Crippen molar-refractivity contribution in [2.75, 3.05) is 13.2 Å². The molecule has 0 N–H and O–H groups in total. The van der Waals surface area contributed by atoms with E-state index in [-0.39, 0.29) is 5.25 Å². The van der Waals surface area contributed by atoms with E-state index < -0.39 is 5.97 Å². The lowest BCUT2D eigenvalue weighted by Crippen LogP contribution is -2.52. The molecule has 0 aliphatic rings. The Balaban J connectivity index is 1.77. The van der Waals surface area contributed by atoms with Gasteiger partial charge < -0.3 is 18.9 Å². The van der Waals surface area contributed by atoms with Crippen molar-refractivity contribution in [3.8, 4) is 17.2 Å². The summed E-state index contributed by atoms with van der Waals surface area (Å²) in [6, 6.07) is 33.7. The van der Waals surface area contributed by atoms with Gasteiger partial charge in [0.15, 0.2) is 11.5 Å². The highest BCUT2D eigenvalue weighted by atomic mass is 35.5. The van der Waals surface area contributed by atoms with Crippen LogP contribution in [0.4, 0.5) is 0 Å². The van der Waals surface area contributed by atoms with Crippen molar-refractivity contribution in [2.24, 2.45) is 0 Å². The molecule has 0 heterocycles. The molecule has 0 saturated carbocycles. The number of benzene rings is 4. The predicted octanol–water partition coefficient (Wildman–Crippen LogP) is 9.76. The number of para-hydroxylation sites is 2. The second-order valence-electron chi connectivity index (χ2n) is 9.56. The third-order valence-corrected chi connectivity index (χ3v) is 7.92. The normalized spacial score (nSPS) is 12.3. The minimum Gasteiger partial charge on any atom is -0.453 e. The summed E-state index contributed by atoms with van der Waals surface area (Å²) in [5.41, 5.74) is 2.44. The molecule has 4 rings (SSSR count). The molecule has 4 aromatic rings. The number of halogens is 1. The molecule has 40 heavy (non-hydrogen) atoms. The molecule has 1 unspecified atom stereocenters. The van der Waals surface area contributed by atoms with Gasteiger partial charge in [0.1, 0.15) is 11.0 Å². The van der Waals surface area contributed by atoms with E-state index in [9.17, 15) is 0 Å². The Morgan fingerprint density at radius 3 is 1.98 bits per heavy atom. The van der Waals surface area contributed by atoms with Crippen molar-refractivity contribution in [1.29, 1.82) is 0 Å². The molecule has 0 fully saturated rings. The second kappa shape index (κ2) is 14.6. The molecular weight excluding hydrogens is 540 g/mol. The van der Waals surface area contributed by atoms with E-state index in [0.29, 0.717) is 47.8 Å². The average molecular weight is 577 g/mol. The van der Waals surface area contributed by atoms with Crippen LogP contribution in [-0.2, 0) is 15.9 Å². The van der Waals surface area contributed by atoms with Crippen LogP contribution in [0.3, 0.4) is 0 Å². The van der Waals surface area contributed by atoms with Crippen LogP contribution < -0.4 is 9.47 Å².